The normalized spacial score (nSPS) is 23.7. The fraction of sp³-hybridized carbons (Fsp3) is 0.650. The summed E-state index contributed by atoms with van der Waals surface area (Å²) in [6.07, 6.45) is 5.14. The van der Waals surface area contributed by atoms with Crippen molar-refractivity contribution in [3.8, 4) is 0 Å². The predicted molar refractivity (Wildman–Crippen MR) is 117 cm³/mol. The van der Waals surface area contributed by atoms with Crippen molar-refractivity contribution in [1.29, 1.82) is 0 Å². The van der Waals surface area contributed by atoms with Crippen LogP contribution in [0.2, 0.25) is 0 Å². The summed E-state index contributed by atoms with van der Waals surface area (Å²) in [6, 6.07) is 3.99. The summed E-state index contributed by atoms with van der Waals surface area (Å²) >= 11 is 0. The molecule has 1 unspecified atom stereocenters. The maximum absolute atomic E-state index is 12.6. The first-order chi connectivity index (χ1) is 15.6. The van der Waals surface area contributed by atoms with E-state index in [2.05, 4.69) is 34.6 Å². The minimum Gasteiger partial charge on any atom is -0.377 e. The lowest BCUT2D eigenvalue weighted by atomic mass is 10.2. The lowest BCUT2D eigenvalue weighted by molar-refractivity contribution is 0.0712. The van der Waals surface area contributed by atoms with Gasteiger partial charge in [0.1, 0.15) is 11.2 Å². The van der Waals surface area contributed by atoms with Crippen molar-refractivity contribution in [2.24, 2.45) is 0 Å². The smallest absolute Gasteiger partial charge is 0.248 e. The molecule has 3 fully saturated rings. The van der Waals surface area contributed by atoms with Gasteiger partial charge in [-0.2, -0.15) is 4.31 Å². The van der Waals surface area contributed by atoms with Gasteiger partial charge in [-0.05, 0) is 25.0 Å². The molecular weight excluding hydrogens is 434 g/mol. The van der Waals surface area contributed by atoms with E-state index in [0.717, 1.165) is 57.2 Å². The van der Waals surface area contributed by atoms with Gasteiger partial charge in [0.05, 0.1) is 12.3 Å². The van der Waals surface area contributed by atoms with E-state index >= 15 is 0 Å². The minimum absolute atomic E-state index is 0.0889. The molecule has 11 nitrogen and oxygen atoms in total. The van der Waals surface area contributed by atoms with E-state index in [-0.39, 0.29) is 4.90 Å². The summed E-state index contributed by atoms with van der Waals surface area (Å²) in [5, 5.41) is 12.4. The van der Waals surface area contributed by atoms with Crippen molar-refractivity contribution in [2.75, 3.05) is 75.3 Å². The fourth-order valence-electron chi connectivity index (χ4n) is 4.52. The van der Waals surface area contributed by atoms with Gasteiger partial charge in [-0.25, -0.2) is 8.42 Å². The van der Waals surface area contributed by atoms with E-state index in [1.54, 1.807) is 0 Å². The fourth-order valence-corrected chi connectivity index (χ4v) is 5.80. The van der Waals surface area contributed by atoms with Gasteiger partial charge in [0.25, 0.3) is 0 Å². The average molecular weight is 464 g/mol. The van der Waals surface area contributed by atoms with Crippen molar-refractivity contribution in [1.82, 2.24) is 24.6 Å². The summed E-state index contributed by atoms with van der Waals surface area (Å²) in [6.45, 7) is 7.67. The third-order valence-electron chi connectivity index (χ3n) is 6.43. The Kier molecular flexibility index (Phi) is 6.26. The van der Waals surface area contributed by atoms with Gasteiger partial charge in [0.15, 0.2) is 11.6 Å². The molecule has 0 saturated carbocycles. The van der Waals surface area contributed by atoms with Crippen LogP contribution in [0.25, 0.3) is 0 Å². The number of rotatable bonds is 6. The molecule has 0 bridgehead atoms. The Balaban J connectivity index is 1.12. The predicted octanol–water partition coefficient (Wildman–Crippen LogP) is 0.277. The molecule has 12 heteroatoms. The number of aromatic nitrogens is 3. The molecule has 5 heterocycles. The quantitative estimate of drug-likeness (QED) is 0.592. The SMILES string of the molecule is O=S(=O)(c1cnoc1)N1CCN(c2ccc(N3CCN(CC4CCCO4)CC3)nn2)CC1. The number of ether oxygens (including phenoxy) is 1. The van der Waals surface area contributed by atoms with Gasteiger partial charge in [0, 0.05) is 65.5 Å². The highest BCUT2D eigenvalue weighted by Crippen LogP contribution is 2.21. The van der Waals surface area contributed by atoms with E-state index in [4.69, 9.17) is 4.74 Å². The molecule has 32 heavy (non-hydrogen) atoms. The van der Waals surface area contributed by atoms with Crippen LogP contribution in [0.5, 0.6) is 0 Å². The van der Waals surface area contributed by atoms with E-state index in [1.165, 1.54) is 23.3 Å². The molecule has 0 aliphatic carbocycles. The second-order valence-corrected chi connectivity index (χ2v) is 10.4. The second-order valence-electron chi connectivity index (χ2n) is 8.42. The Morgan fingerprint density at radius 3 is 2.12 bits per heavy atom. The van der Waals surface area contributed by atoms with E-state index in [9.17, 15) is 8.42 Å². The molecule has 174 valence electrons. The highest BCUT2D eigenvalue weighted by atomic mass is 32.2. The molecule has 0 N–H and O–H groups in total. The first-order valence-electron chi connectivity index (χ1n) is 11.2. The molecule has 5 rings (SSSR count). The Bertz CT molecular complexity index is 964. The van der Waals surface area contributed by atoms with Crippen LogP contribution in [-0.4, -0.2) is 105 Å². The van der Waals surface area contributed by atoms with E-state index in [0.29, 0.717) is 32.3 Å². The zero-order valence-electron chi connectivity index (χ0n) is 18.0. The number of hydrogen-bond acceptors (Lipinski definition) is 10. The lowest BCUT2D eigenvalue weighted by Gasteiger charge is -2.36. The van der Waals surface area contributed by atoms with Crippen molar-refractivity contribution < 1.29 is 17.7 Å². The third-order valence-corrected chi connectivity index (χ3v) is 8.27. The van der Waals surface area contributed by atoms with Crippen LogP contribution >= 0.6 is 0 Å². The van der Waals surface area contributed by atoms with Gasteiger partial charge in [0.2, 0.25) is 10.0 Å². The zero-order chi connectivity index (χ0) is 22.0. The number of piperazine rings is 2. The van der Waals surface area contributed by atoms with Crippen LogP contribution in [0, 0.1) is 0 Å². The van der Waals surface area contributed by atoms with Crippen molar-refractivity contribution in [2.45, 2.75) is 23.8 Å². The average Bonchev–Trinajstić information content (AvgIpc) is 3.55. The number of hydrogen-bond donors (Lipinski definition) is 0. The third kappa shape index (κ3) is 4.58. The Labute approximate surface area is 188 Å². The summed E-state index contributed by atoms with van der Waals surface area (Å²) in [5.41, 5.74) is 0. The zero-order valence-corrected chi connectivity index (χ0v) is 18.9. The Hall–Kier alpha value is -2.28. The largest absolute Gasteiger partial charge is 0.377 e. The van der Waals surface area contributed by atoms with Crippen molar-refractivity contribution in [3.63, 3.8) is 0 Å². The van der Waals surface area contributed by atoms with Crippen LogP contribution in [0.4, 0.5) is 11.6 Å². The first kappa shape index (κ1) is 21.6. The molecule has 0 amide bonds. The van der Waals surface area contributed by atoms with Gasteiger partial charge >= 0.3 is 0 Å². The molecule has 2 aromatic rings. The second kappa shape index (κ2) is 9.30. The van der Waals surface area contributed by atoms with Gasteiger partial charge in [-0.1, -0.05) is 5.16 Å². The first-order valence-corrected chi connectivity index (χ1v) is 12.6. The highest BCUT2D eigenvalue weighted by Gasteiger charge is 2.30. The molecule has 3 aliphatic rings. The maximum atomic E-state index is 12.6. The van der Waals surface area contributed by atoms with Crippen LogP contribution in [0.3, 0.4) is 0 Å². The Morgan fingerprint density at radius 1 is 0.938 bits per heavy atom. The van der Waals surface area contributed by atoms with Gasteiger partial charge < -0.3 is 19.1 Å². The van der Waals surface area contributed by atoms with Gasteiger partial charge in [-0.15, -0.1) is 10.2 Å². The molecule has 0 spiro atoms. The summed E-state index contributed by atoms with van der Waals surface area (Å²) in [5.74, 6) is 1.66. The van der Waals surface area contributed by atoms with Crippen molar-refractivity contribution in [3.05, 3.63) is 24.6 Å². The topological polar surface area (TPSA) is 108 Å². The number of sulfonamides is 1. The highest BCUT2D eigenvalue weighted by molar-refractivity contribution is 7.89. The standard InChI is InChI=1S/C20H29N7O4S/c28-32(29,18-14-21-31-16-18)27-11-9-26(10-12-27)20-4-3-19(22-23-20)25-7-5-24(6-8-25)15-17-2-1-13-30-17/h3-4,14,16-17H,1-2,5-13,15H2. The van der Waals surface area contributed by atoms with E-state index < -0.39 is 10.0 Å². The minimum atomic E-state index is -3.56. The van der Waals surface area contributed by atoms with Gasteiger partial charge in [-0.3, -0.25) is 4.90 Å². The molecule has 0 radical (unpaired) electrons. The van der Waals surface area contributed by atoms with Crippen molar-refractivity contribution >= 4 is 21.7 Å². The lowest BCUT2D eigenvalue weighted by Crippen LogP contribution is -2.49. The molecule has 2 aromatic heterocycles. The molecule has 3 aliphatic heterocycles. The molecular formula is C20H29N7O4S. The molecule has 3 saturated heterocycles. The molecule has 1 atom stereocenters. The van der Waals surface area contributed by atoms with Crippen LogP contribution in [0.15, 0.2) is 34.0 Å². The van der Waals surface area contributed by atoms with Crippen LogP contribution < -0.4 is 9.80 Å². The molecule has 0 aromatic carbocycles. The number of nitrogens with zero attached hydrogens (tertiary/aromatic N) is 7. The summed E-state index contributed by atoms with van der Waals surface area (Å²) in [4.78, 5) is 6.90. The summed E-state index contributed by atoms with van der Waals surface area (Å²) in [7, 11) is -3.56. The van der Waals surface area contributed by atoms with E-state index in [1.807, 2.05) is 12.1 Å². The van der Waals surface area contributed by atoms with Crippen LogP contribution in [-0.2, 0) is 14.8 Å². The van der Waals surface area contributed by atoms with Crippen LogP contribution in [0.1, 0.15) is 12.8 Å². The maximum Gasteiger partial charge on any atom is 0.248 e. The Morgan fingerprint density at radius 2 is 1.59 bits per heavy atom. The monoisotopic (exact) mass is 463 g/mol. The number of anilines is 2. The summed E-state index contributed by atoms with van der Waals surface area (Å²) < 4.78 is 37.1.